The third-order valence-corrected chi connectivity index (χ3v) is 3.59. The molecular formula is C15H15FN4O3S. The van der Waals surface area contributed by atoms with Crippen molar-refractivity contribution < 1.29 is 18.7 Å². The summed E-state index contributed by atoms with van der Waals surface area (Å²) in [6, 6.07) is 5.57. The van der Waals surface area contributed by atoms with E-state index in [2.05, 4.69) is 15.3 Å². The Morgan fingerprint density at radius 3 is 2.88 bits per heavy atom. The number of benzene rings is 1. The highest BCUT2D eigenvalue weighted by Crippen LogP contribution is 2.18. The smallest absolute Gasteiger partial charge is 0.343 e. The Labute approximate surface area is 141 Å². The average Bonchev–Trinajstić information content (AvgIpc) is 2.53. The number of nitrogens with one attached hydrogen (secondary N) is 1. The molecule has 0 aliphatic carbocycles. The lowest BCUT2D eigenvalue weighted by Gasteiger charge is -2.07. The molecule has 0 fully saturated rings. The molecule has 1 aromatic heterocycles. The monoisotopic (exact) mass is 350 g/mol. The minimum absolute atomic E-state index is 0.00864. The number of nitrogen functional groups attached to an aromatic ring is 1. The number of halogens is 1. The van der Waals surface area contributed by atoms with Crippen molar-refractivity contribution in [1.29, 1.82) is 0 Å². The van der Waals surface area contributed by atoms with Gasteiger partial charge in [-0.2, -0.15) is 0 Å². The number of carbonyl (C=O) groups excluding carboxylic acids is 2. The summed E-state index contributed by atoms with van der Waals surface area (Å²) in [7, 11) is 0. The van der Waals surface area contributed by atoms with Crippen LogP contribution in [0.4, 0.5) is 15.9 Å². The third-order valence-electron chi connectivity index (χ3n) is 2.73. The summed E-state index contributed by atoms with van der Waals surface area (Å²) in [5, 5.41) is 2.80. The summed E-state index contributed by atoms with van der Waals surface area (Å²) in [6.07, 6.45) is 1.26. The molecule has 0 radical (unpaired) electrons. The number of hydrogen-bond acceptors (Lipinski definition) is 7. The van der Waals surface area contributed by atoms with Gasteiger partial charge in [0.15, 0.2) is 5.16 Å². The van der Waals surface area contributed by atoms with Crippen LogP contribution in [0, 0.1) is 5.82 Å². The van der Waals surface area contributed by atoms with Gasteiger partial charge in [0.25, 0.3) is 0 Å². The topological polar surface area (TPSA) is 107 Å². The number of anilines is 2. The van der Waals surface area contributed by atoms with Gasteiger partial charge in [0.1, 0.15) is 17.2 Å². The van der Waals surface area contributed by atoms with Gasteiger partial charge < -0.3 is 15.8 Å². The van der Waals surface area contributed by atoms with Crippen LogP contribution in [0.1, 0.15) is 17.3 Å². The van der Waals surface area contributed by atoms with E-state index in [9.17, 15) is 14.0 Å². The fourth-order valence-corrected chi connectivity index (χ4v) is 2.33. The standard InChI is InChI=1S/C15H15FN4O3S/c1-2-23-14(22)11-7-18-15(20-13(11)17)24-8-12(21)19-10-5-3-4-9(16)6-10/h3-7H,2,8H2,1H3,(H,19,21)(H2,17,18,20). The van der Waals surface area contributed by atoms with Gasteiger partial charge in [-0.25, -0.2) is 19.2 Å². The lowest BCUT2D eigenvalue weighted by Crippen LogP contribution is -2.15. The Balaban J connectivity index is 1.93. The fourth-order valence-electron chi connectivity index (χ4n) is 1.71. The van der Waals surface area contributed by atoms with Gasteiger partial charge in [0, 0.05) is 11.9 Å². The number of amides is 1. The summed E-state index contributed by atoms with van der Waals surface area (Å²) in [4.78, 5) is 31.3. The molecule has 0 aliphatic heterocycles. The van der Waals surface area contributed by atoms with Gasteiger partial charge in [-0.3, -0.25) is 4.79 Å². The molecule has 0 unspecified atom stereocenters. The SMILES string of the molecule is CCOC(=O)c1cnc(SCC(=O)Nc2cccc(F)c2)nc1N. The van der Waals surface area contributed by atoms with E-state index < -0.39 is 11.8 Å². The first-order valence-electron chi connectivity index (χ1n) is 6.97. The Hall–Kier alpha value is -2.68. The molecule has 0 aliphatic rings. The Kier molecular flexibility index (Phi) is 6.07. The summed E-state index contributed by atoms with van der Waals surface area (Å²) < 4.78 is 17.9. The number of rotatable bonds is 6. The molecule has 0 spiro atoms. The summed E-state index contributed by atoms with van der Waals surface area (Å²) in [6.45, 7) is 1.89. The molecule has 2 rings (SSSR count). The van der Waals surface area contributed by atoms with E-state index >= 15 is 0 Å². The first-order valence-corrected chi connectivity index (χ1v) is 7.96. The van der Waals surface area contributed by atoms with Crippen LogP contribution in [0.3, 0.4) is 0 Å². The van der Waals surface area contributed by atoms with Crippen molar-refractivity contribution in [2.45, 2.75) is 12.1 Å². The Morgan fingerprint density at radius 2 is 2.21 bits per heavy atom. The van der Waals surface area contributed by atoms with Crippen LogP contribution in [0.2, 0.25) is 0 Å². The van der Waals surface area contributed by atoms with Gasteiger partial charge >= 0.3 is 5.97 Å². The third kappa shape index (κ3) is 4.92. The molecule has 0 saturated heterocycles. The molecule has 126 valence electrons. The molecule has 3 N–H and O–H groups in total. The van der Waals surface area contributed by atoms with Crippen molar-refractivity contribution in [1.82, 2.24) is 9.97 Å². The highest BCUT2D eigenvalue weighted by atomic mass is 32.2. The molecule has 7 nitrogen and oxygen atoms in total. The minimum Gasteiger partial charge on any atom is -0.462 e. The van der Waals surface area contributed by atoms with E-state index in [0.717, 1.165) is 11.8 Å². The zero-order valence-electron chi connectivity index (χ0n) is 12.8. The molecule has 24 heavy (non-hydrogen) atoms. The maximum Gasteiger partial charge on any atom is 0.343 e. The summed E-state index contributed by atoms with van der Waals surface area (Å²) in [5.41, 5.74) is 6.13. The zero-order chi connectivity index (χ0) is 17.5. The van der Waals surface area contributed by atoms with Crippen LogP contribution in [-0.4, -0.2) is 34.2 Å². The minimum atomic E-state index is -0.601. The summed E-state index contributed by atoms with van der Waals surface area (Å²) in [5.74, 6) is -1.39. The number of nitrogens with zero attached hydrogens (tertiary/aromatic N) is 2. The van der Waals surface area contributed by atoms with Crippen LogP contribution in [-0.2, 0) is 9.53 Å². The van der Waals surface area contributed by atoms with Gasteiger partial charge in [-0.1, -0.05) is 17.8 Å². The van der Waals surface area contributed by atoms with E-state index in [4.69, 9.17) is 10.5 Å². The van der Waals surface area contributed by atoms with Crippen molar-refractivity contribution in [2.24, 2.45) is 0 Å². The predicted molar refractivity (Wildman–Crippen MR) is 88.2 cm³/mol. The molecule has 2 aromatic rings. The Bertz CT molecular complexity index is 757. The second-order valence-corrected chi connectivity index (χ2v) is 5.46. The number of thioether (sulfide) groups is 1. The van der Waals surface area contributed by atoms with Crippen molar-refractivity contribution >= 4 is 35.1 Å². The molecule has 1 aromatic carbocycles. The van der Waals surface area contributed by atoms with Gasteiger partial charge in [0.2, 0.25) is 5.91 Å². The maximum atomic E-state index is 13.0. The number of nitrogens with two attached hydrogens (primary N) is 1. The van der Waals surface area contributed by atoms with Crippen molar-refractivity contribution in [3.63, 3.8) is 0 Å². The van der Waals surface area contributed by atoms with Crippen LogP contribution in [0.25, 0.3) is 0 Å². The van der Waals surface area contributed by atoms with E-state index in [-0.39, 0.29) is 34.8 Å². The molecular weight excluding hydrogens is 335 g/mol. The Morgan fingerprint density at radius 1 is 1.42 bits per heavy atom. The fraction of sp³-hybridized carbons (Fsp3) is 0.200. The van der Waals surface area contributed by atoms with E-state index in [1.165, 1.54) is 24.4 Å². The molecule has 0 bridgehead atoms. The number of carbonyl (C=O) groups is 2. The molecule has 0 atom stereocenters. The zero-order valence-corrected chi connectivity index (χ0v) is 13.6. The van der Waals surface area contributed by atoms with E-state index in [1.807, 2.05) is 0 Å². The van der Waals surface area contributed by atoms with Crippen molar-refractivity contribution in [2.75, 3.05) is 23.4 Å². The highest BCUT2D eigenvalue weighted by molar-refractivity contribution is 7.99. The second kappa shape index (κ2) is 8.25. The van der Waals surface area contributed by atoms with Crippen LogP contribution >= 0.6 is 11.8 Å². The second-order valence-electron chi connectivity index (χ2n) is 4.52. The molecule has 9 heteroatoms. The first-order chi connectivity index (χ1) is 11.5. The van der Waals surface area contributed by atoms with Crippen LogP contribution < -0.4 is 11.1 Å². The first kappa shape index (κ1) is 17.7. The molecule has 1 amide bonds. The number of aromatic nitrogens is 2. The van der Waals surface area contributed by atoms with Gasteiger partial charge in [-0.15, -0.1) is 0 Å². The number of ether oxygens (including phenoxy) is 1. The molecule has 1 heterocycles. The average molecular weight is 350 g/mol. The van der Waals surface area contributed by atoms with Crippen LogP contribution in [0.15, 0.2) is 35.6 Å². The van der Waals surface area contributed by atoms with Gasteiger partial charge in [-0.05, 0) is 25.1 Å². The normalized spacial score (nSPS) is 10.2. The van der Waals surface area contributed by atoms with Gasteiger partial charge in [0.05, 0.1) is 12.4 Å². The van der Waals surface area contributed by atoms with Crippen LogP contribution in [0.5, 0.6) is 0 Å². The highest BCUT2D eigenvalue weighted by Gasteiger charge is 2.14. The largest absolute Gasteiger partial charge is 0.462 e. The van der Waals surface area contributed by atoms with Crippen molar-refractivity contribution in [3.8, 4) is 0 Å². The molecule has 0 saturated carbocycles. The van der Waals surface area contributed by atoms with Crippen molar-refractivity contribution in [3.05, 3.63) is 41.8 Å². The maximum absolute atomic E-state index is 13.0. The number of esters is 1. The lowest BCUT2D eigenvalue weighted by atomic mass is 10.3. The summed E-state index contributed by atoms with van der Waals surface area (Å²) >= 11 is 1.04. The quantitative estimate of drug-likeness (QED) is 0.467. The van der Waals surface area contributed by atoms with E-state index in [1.54, 1.807) is 13.0 Å². The lowest BCUT2D eigenvalue weighted by molar-refractivity contribution is -0.113. The van der Waals surface area contributed by atoms with E-state index in [0.29, 0.717) is 5.69 Å². The number of hydrogen-bond donors (Lipinski definition) is 2. The predicted octanol–water partition coefficient (Wildman–Crippen LogP) is 2.11.